The van der Waals surface area contributed by atoms with Gasteiger partial charge < -0.3 is 21.1 Å². The quantitative estimate of drug-likeness (QED) is 0.497. The maximum atomic E-state index is 11.7. The van der Waals surface area contributed by atoms with Crippen LogP contribution in [0.3, 0.4) is 0 Å². The van der Waals surface area contributed by atoms with Gasteiger partial charge in [0.05, 0.1) is 6.61 Å². The fourth-order valence-corrected chi connectivity index (χ4v) is 2.53. The number of hydrogen-bond donors (Lipinski definition) is 5. The molecule has 7 nitrogen and oxygen atoms in total. The van der Waals surface area contributed by atoms with Crippen LogP contribution >= 0.6 is 0 Å². The number of fused-ring (bicyclic) bond motifs is 1. The molecule has 6 N–H and O–H groups in total. The molecule has 18 heavy (non-hydrogen) atoms. The normalized spacial score (nSPS) is 23.8. The summed E-state index contributed by atoms with van der Waals surface area (Å²) in [6, 6.07) is 0.212. The predicted octanol–water partition coefficient (Wildman–Crippen LogP) is -0.381. The average molecular weight is 249 g/mol. The van der Waals surface area contributed by atoms with E-state index >= 15 is 0 Å². The third-order valence-electron chi connectivity index (χ3n) is 3.42. The molecule has 7 heteroatoms. The minimum absolute atomic E-state index is 0.101. The molecular formula is C11H15N5O2. The molecular weight excluding hydrogens is 234 g/mol. The predicted molar refractivity (Wildman–Crippen MR) is 67.1 cm³/mol. The van der Waals surface area contributed by atoms with Gasteiger partial charge in [-0.2, -0.15) is 0 Å². The molecule has 2 atom stereocenters. The second-order valence-corrected chi connectivity index (χ2v) is 4.59. The lowest BCUT2D eigenvalue weighted by atomic mass is 10.1. The molecule has 0 aliphatic carbocycles. The van der Waals surface area contributed by atoms with Crippen molar-refractivity contribution in [1.29, 1.82) is 0 Å². The highest BCUT2D eigenvalue weighted by molar-refractivity contribution is 5.79. The molecule has 2 aromatic rings. The van der Waals surface area contributed by atoms with Crippen LogP contribution in [0.15, 0.2) is 11.0 Å². The van der Waals surface area contributed by atoms with Crippen molar-refractivity contribution in [2.45, 2.75) is 24.9 Å². The van der Waals surface area contributed by atoms with Gasteiger partial charge in [0.1, 0.15) is 11.0 Å². The molecule has 2 unspecified atom stereocenters. The van der Waals surface area contributed by atoms with E-state index in [1.54, 1.807) is 6.20 Å². The van der Waals surface area contributed by atoms with Crippen LogP contribution in [-0.4, -0.2) is 32.7 Å². The smallest absolute Gasteiger partial charge is 0.276 e. The van der Waals surface area contributed by atoms with E-state index in [-0.39, 0.29) is 30.2 Å². The van der Waals surface area contributed by atoms with Gasteiger partial charge in [-0.3, -0.25) is 9.78 Å². The monoisotopic (exact) mass is 249 g/mol. The van der Waals surface area contributed by atoms with Crippen molar-refractivity contribution in [2.24, 2.45) is 0 Å². The molecule has 3 rings (SSSR count). The second kappa shape index (κ2) is 4.11. The summed E-state index contributed by atoms with van der Waals surface area (Å²) in [7, 11) is 0. The Bertz CT molecular complexity index is 632. The van der Waals surface area contributed by atoms with E-state index in [0.717, 1.165) is 18.4 Å². The number of aliphatic hydroxyl groups excluding tert-OH is 1. The number of nitrogens with one attached hydrogen (secondary N) is 3. The van der Waals surface area contributed by atoms with Crippen molar-refractivity contribution in [3.05, 3.63) is 22.1 Å². The Balaban J connectivity index is 2.05. The largest absolute Gasteiger partial charge is 0.395 e. The van der Waals surface area contributed by atoms with Gasteiger partial charge in [0, 0.05) is 23.8 Å². The lowest BCUT2D eigenvalue weighted by Gasteiger charge is -2.11. The fourth-order valence-electron chi connectivity index (χ4n) is 2.53. The molecule has 0 amide bonds. The first-order valence-corrected chi connectivity index (χ1v) is 5.92. The molecule has 0 bridgehead atoms. The van der Waals surface area contributed by atoms with Crippen LogP contribution in [0.25, 0.3) is 11.0 Å². The first-order valence-electron chi connectivity index (χ1n) is 5.92. The molecule has 2 aromatic heterocycles. The van der Waals surface area contributed by atoms with Gasteiger partial charge in [0.2, 0.25) is 5.95 Å². The topological polar surface area (TPSA) is 120 Å². The number of hydrogen-bond acceptors (Lipinski definition) is 5. The number of nitrogen functional groups attached to an aromatic ring is 1. The van der Waals surface area contributed by atoms with Crippen LogP contribution in [0.1, 0.15) is 24.4 Å². The molecule has 1 fully saturated rings. The average Bonchev–Trinajstić information content (AvgIpc) is 2.93. The SMILES string of the molecule is Nc1nc2c(C3CCC(CO)N3)c[nH]c2c(=O)[nH]1. The Kier molecular flexibility index (Phi) is 2.57. The number of anilines is 1. The molecule has 96 valence electrons. The van der Waals surface area contributed by atoms with Crippen LogP contribution in [0, 0.1) is 0 Å². The highest BCUT2D eigenvalue weighted by Crippen LogP contribution is 2.29. The summed E-state index contributed by atoms with van der Waals surface area (Å²) in [5.41, 5.74) is 7.27. The van der Waals surface area contributed by atoms with Crippen molar-refractivity contribution < 1.29 is 5.11 Å². The van der Waals surface area contributed by atoms with Crippen molar-refractivity contribution in [3.8, 4) is 0 Å². The van der Waals surface area contributed by atoms with Crippen LogP contribution in [0.5, 0.6) is 0 Å². The van der Waals surface area contributed by atoms with E-state index in [2.05, 4.69) is 20.3 Å². The van der Waals surface area contributed by atoms with Gasteiger partial charge in [-0.25, -0.2) is 4.98 Å². The minimum Gasteiger partial charge on any atom is -0.395 e. The summed E-state index contributed by atoms with van der Waals surface area (Å²) in [6.45, 7) is 0.120. The molecule has 0 saturated carbocycles. The highest BCUT2D eigenvalue weighted by Gasteiger charge is 2.27. The zero-order valence-electron chi connectivity index (χ0n) is 9.73. The van der Waals surface area contributed by atoms with Crippen molar-refractivity contribution in [3.63, 3.8) is 0 Å². The van der Waals surface area contributed by atoms with Gasteiger partial charge in [0.15, 0.2) is 0 Å². The van der Waals surface area contributed by atoms with Gasteiger partial charge in [0.25, 0.3) is 5.56 Å². The van der Waals surface area contributed by atoms with Crippen LogP contribution < -0.4 is 16.6 Å². The summed E-state index contributed by atoms with van der Waals surface area (Å²) in [6.07, 6.45) is 3.60. The van der Waals surface area contributed by atoms with E-state index < -0.39 is 0 Å². The van der Waals surface area contributed by atoms with E-state index in [1.807, 2.05) is 0 Å². The van der Waals surface area contributed by atoms with Gasteiger partial charge >= 0.3 is 0 Å². The third-order valence-corrected chi connectivity index (χ3v) is 3.42. The molecule has 3 heterocycles. The number of nitrogens with two attached hydrogens (primary N) is 1. The summed E-state index contributed by atoms with van der Waals surface area (Å²) in [5.74, 6) is 0.116. The van der Waals surface area contributed by atoms with Crippen LogP contribution in [0.4, 0.5) is 5.95 Å². The third kappa shape index (κ3) is 1.68. The Morgan fingerprint density at radius 2 is 2.33 bits per heavy atom. The Labute approximate surface area is 102 Å². The van der Waals surface area contributed by atoms with E-state index in [0.29, 0.717) is 11.0 Å². The highest BCUT2D eigenvalue weighted by atomic mass is 16.3. The molecule has 1 saturated heterocycles. The van der Waals surface area contributed by atoms with Crippen LogP contribution in [0.2, 0.25) is 0 Å². The Morgan fingerprint density at radius 1 is 1.50 bits per heavy atom. The number of nitrogens with zero attached hydrogens (tertiary/aromatic N) is 1. The van der Waals surface area contributed by atoms with Crippen molar-refractivity contribution in [1.82, 2.24) is 20.3 Å². The standard InChI is InChI=1S/C11H15N5O2/c12-11-15-8-6(3-13-9(8)10(18)16-11)7-2-1-5(4-17)14-7/h3,5,7,13-14,17H,1-2,4H2,(H3,12,15,16,18). The zero-order valence-corrected chi connectivity index (χ0v) is 9.73. The van der Waals surface area contributed by atoms with Crippen molar-refractivity contribution >= 4 is 17.0 Å². The van der Waals surface area contributed by atoms with E-state index in [4.69, 9.17) is 10.8 Å². The molecule has 0 radical (unpaired) electrons. The molecule has 0 aromatic carbocycles. The summed E-state index contributed by atoms with van der Waals surface area (Å²) in [4.78, 5) is 21.2. The summed E-state index contributed by atoms with van der Waals surface area (Å²) in [5, 5.41) is 12.4. The minimum atomic E-state index is -0.263. The number of H-pyrrole nitrogens is 2. The summed E-state index contributed by atoms with van der Waals surface area (Å²) >= 11 is 0. The number of rotatable bonds is 2. The maximum Gasteiger partial charge on any atom is 0.276 e. The number of aromatic nitrogens is 3. The molecule has 0 spiro atoms. The van der Waals surface area contributed by atoms with E-state index in [1.165, 1.54) is 0 Å². The van der Waals surface area contributed by atoms with Crippen LogP contribution in [-0.2, 0) is 0 Å². The molecule has 1 aliphatic rings. The van der Waals surface area contributed by atoms with Gasteiger partial charge in [-0.05, 0) is 12.8 Å². The van der Waals surface area contributed by atoms with Crippen molar-refractivity contribution in [2.75, 3.05) is 12.3 Å². The first-order chi connectivity index (χ1) is 8.69. The maximum absolute atomic E-state index is 11.7. The molecule has 1 aliphatic heterocycles. The Morgan fingerprint density at radius 3 is 3.06 bits per heavy atom. The zero-order chi connectivity index (χ0) is 12.7. The number of aromatic amines is 2. The first kappa shape index (κ1) is 11.2. The second-order valence-electron chi connectivity index (χ2n) is 4.59. The Hall–Kier alpha value is -1.86. The summed E-state index contributed by atoms with van der Waals surface area (Å²) < 4.78 is 0. The van der Waals surface area contributed by atoms with Gasteiger partial charge in [-0.15, -0.1) is 0 Å². The number of aliphatic hydroxyl groups is 1. The van der Waals surface area contributed by atoms with Gasteiger partial charge in [-0.1, -0.05) is 0 Å². The lowest BCUT2D eigenvalue weighted by molar-refractivity contribution is 0.252. The van der Waals surface area contributed by atoms with E-state index in [9.17, 15) is 4.79 Å². The fraction of sp³-hybridized carbons (Fsp3) is 0.455. The lowest BCUT2D eigenvalue weighted by Crippen LogP contribution is -2.27.